The molecule has 18 heavy (non-hydrogen) atoms. The Morgan fingerprint density at radius 1 is 0.944 bits per heavy atom. The van der Waals surface area contributed by atoms with E-state index in [0.29, 0.717) is 0 Å². The van der Waals surface area contributed by atoms with Gasteiger partial charge < -0.3 is 5.73 Å². The summed E-state index contributed by atoms with van der Waals surface area (Å²) in [7, 11) is 0. The second-order valence-electron chi connectivity index (χ2n) is 4.14. The molecular weight excluding hydrogens is 239 g/mol. The second-order valence-corrected chi connectivity index (χ2v) is 4.14. The van der Waals surface area contributed by atoms with Crippen LogP contribution in [0.4, 0.5) is 13.2 Å². The monoisotopic (exact) mass is 251 g/mol. The smallest absolute Gasteiger partial charge is 0.131 e. The van der Waals surface area contributed by atoms with Gasteiger partial charge in [0, 0.05) is 11.1 Å². The molecule has 2 rings (SSSR count). The van der Waals surface area contributed by atoms with Crippen LogP contribution in [0.3, 0.4) is 0 Å². The fourth-order valence-electron chi connectivity index (χ4n) is 1.85. The Kier molecular flexibility index (Phi) is 3.39. The number of halogens is 3. The number of aryl methyl sites for hydroxylation is 1. The molecule has 0 heterocycles. The molecule has 0 aliphatic rings. The number of hydrogen-bond acceptors (Lipinski definition) is 1. The predicted molar refractivity (Wildman–Crippen MR) is 63.5 cm³/mol. The fraction of sp³-hybridized carbons (Fsp3) is 0.143. The molecule has 2 N–H and O–H groups in total. The lowest BCUT2D eigenvalue weighted by Crippen LogP contribution is -2.17. The Morgan fingerprint density at radius 2 is 1.56 bits per heavy atom. The molecule has 2 aromatic rings. The number of benzene rings is 2. The van der Waals surface area contributed by atoms with Crippen molar-refractivity contribution in [1.82, 2.24) is 0 Å². The van der Waals surface area contributed by atoms with Gasteiger partial charge in [-0.15, -0.1) is 0 Å². The summed E-state index contributed by atoms with van der Waals surface area (Å²) < 4.78 is 40.8. The maximum atomic E-state index is 13.7. The van der Waals surface area contributed by atoms with E-state index >= 15 is 0 Å². The van der Waals surface area contributed by atoms with E-state index in [0.717, 1.165) is 17.7 Å². The molecule has 1 nitrogen and oxygen atoms in total. The molecule has 94 valence electrons. The van der Waals surface area contributed by atoms with E-state index in [9.17, 15) is 13.2 Å². The van der Waals surface area contributed by atoms with Gasteiger partial charge in [0.25, 0.3) is 0 Å². The maximum Gasteiger partial charge on any atom is 0.131 e. The largest absolute Gasteiger partial charge is 0.320 e. The highest BCUT2D eigenvalue weighted by Crippen LogP contribution is 2.26. The summed E-state index contributed by atoms with van der Waals surface area (Å²) in [5.74, 6) is -2.12. The van der Waals surface area contributed by atoms with Crippen molar-refractivity contribution in [1.29, 1.82) is 0 Å². The van der Waals surface area contributed by atoms with Crippen molar-refractivity contribution < 1.29 is 13.2 Å². The standard InChI is InChI=1S/C14H12F3N/c1-8-5-6-9(12(17)7-8)14(18)13-10(15)3-2-4-11(13)16/h2-7,14H,18H2,1H3. The molecule has 1 atom stereocenters. The quantitative estimate of drug-likeness (QED) is 0.869. The third kappa shape index (κ3) is 2.24. The van der Waals surface area contributed by atoms with Crippen molar-refractivity contribution in [2.75, 3.05) is 0 Å². The van der Waals surface area contributed by atoms with Crippen LogP contribution in [-0.4, -0.2) is 0 Å². The highest BCUT2D eigenvalue weighted by molar-refractivity contribution is 5.35. The molecule has 0 bridgehead atoms. The van der Waals surface area contributed by atoms with Crippen LogP contribution in [0, 0.1) is 24.4 Å². The molecule has 0 aromatic heterocycles. The highest BCUT2D eigenvalue weighted by Gasteiger charge is 2.20. The van der Waals surface area contributed by atoms with Gasteiger partial charge in [0.05, 0.1) is 6.04 Å². The van der Waals surface area contributed by atoms with E-state index in [4.69, 9.17) is 5.73 Å². The molecule has 0 radical (unpaired) electrons. The Bertz CT molecular complexity index is 561. The summed E-state index contributed by atoms with van der Waals surface area (Å²) in [6, 6.07) is 6.67. The predicted octanol–water partition coefficient (Wildman–Crippen LogP) is 3.46. The maximum absolute atomic E-state index is 13.7. The molecule has 1 unspecified atom stereocenters. The lowest BCUT2D eigenvalue weighted by Gasteiger charge is -2.15. The lowest BCUT2D eigenvalue weighted by atomic mass is 9.97. The first kappa shape index (κ1) is 12.6. The number of rotatable bonds is 2. The average molecular weight is 251 g/mol. The number of hydrogen-bond donors (Lipinski definition) is 1. The van der Waals surface area contributed by atoms with Crippen LogP contribution in [0.5, 0.6) is 0 Å². The average Bonchev–Trinajstić information content (AvgIpc) is 2.28. The van der Waals surface area contributed by atoms with Crippen LogP contribution in [0.25, 0.3) is 0 Å². The Morgan fingerprint density at radius 3 is 2.11 bits per heavy atom. The van der Waals surface area contributed by atoms with Gasteiger partial charge in [-0.2, -0.15) is 0 Å². The molecule has 0 amide bonds. The molecule has 0 saturated carbocycles. The molecular formula is C14H12F3N. The van der Waals surface area contributed by atoms with E-state index in [2.05, 4.69) is 0 Å². The van der Waals surface area contributed by atoms with Crippen molar-refractivity contribution in [3.05, 3.63) is 70.5 Å². The Hall–Kier alpha value is -1.81. The minimum absolute atomic E-state index is 0.0737. The van der Waals surface area contributed by atoms with Crippen molar-refractivity contribution in [3.63, 3.8) is 0 Å². The first-order chi connectivity index (χ1) is 8.50. The lowest BCUT2D eigenvalue weighted by molar-refractivity contribution is 0.532. The fourth-order valence-corrected chi connectivity index (χ4v) is 1.85. The second kappa shape index (κ2) is 4.82. The topological polar surface area (TPSA) is 26.0 Å². The van der Waals surface area contributed by atoms with Gasteiger partial charge in [-0.25, -0.2) is 13.2 Å². The zero-order valence-corrected chi connectivity index (χ0v) is 9.75. The van der Waals surface area contributed by atoms with Gasteiger partial charge in [0.1, 0.15) is 17.5 Å². The van der Waals surface area contributed by atoms with Crippen molar-refractivity contribution >= 4 is 0 Å². The van der Waals surface area contributed by atoms with E-state index in [1.165, 1.54) is 18.2 Å². The van der Waals surface area contributed by atoms with Crippen LogP contribution in [-0.2, 0) is 0 Å². The SMILES string of the molecule is Cc1ccc(C(N)c2c(F)cccc2F)c(F)c1. The molecule has 0 spiro atoms. The summed E-state index contributed by atoms with van der Waals surface area (Å²) in [5.41, 5.74) is 6.22. The minimum atomic E-state index is -1.16. The molecule has 4 heteroatoms. The molecule has 0 aliphatic heterocycles. The summed E-state index contributed by atoms with van der Waals surface area (Å²) in [6.45, 7) is 1.72. The summed E-state index contributed by atoms with van der Waals surface area (Å²) >= 11 is 0. The third-order valence-corrected chi connectivity index (χ3v) is 2.80. The van der Waals surface area contributed by atoms with Gasteiger partial charge in [0.15, 0.2) is 0 Å². The normalized spacial score (nSPS) is 12.5. The molecule has 2 aromatic carbocycles. The molecule has 0 fully saturated rings. The van der Waals surface area contributed by atoms with Crippen molar-refractivity contribution in [2.24, 2.45) is 5.73 Å². The zero-order chi connectivity index (χ0) is 13.3. The van der Waals surface area contributed by atoms with E-state index in [1.54, 1.807) is 13.0 Å². The first-order valence-corrected chi connectivity index (χ1v) is 5.46. The van der Waals surface area contributed by atoms with Crippen LogP contribution >= 0.6 is 0 Å². The zero-order valence-electron chi connectivity index (χ0n) is 9.75. The van der Waals surface area contributed by atoms with E-state index in [-0.39, 0.29) is 11.1 Å². The summed E-state index contributed by atoms with van der Waals surface area (Å²) in [5, 5.41) is 0. The van der Waals surface area contributed by atoms with Gasteiger partial charge in [-0.05, 0) is 30.7 Å². The van der Waals surface area contributed by atoms with Crippen molar-refractivity contribution in [3.8, 4) is 0 Å². The van der Waals surface area contributed by atoms with Crippen LogP contribution < -0.4 is 5.73 Å². The number of nitrogens with two attached hydrogens (primary N) is 1. The Labute approximate surface area is 103 Å². The third-order valence-electron chi connectivity index (χ3n) is 2.80. The van der Waals surface area contributed by atoms with Gasteiger partial charge in [-0.3, -0.25) is 0 Å². The van der Waals surface area contributed by atoms with Gasteiger partial charge >= 0.3 is 0 Å². The van der Waals surface area contributed by atoms with Crippen LogP contribution in [0.15, 0.2) is 36.4 Å². The molecule has 0 aliphatic carbocycles. The van der Waals surface area contributed by atoms with Crippen molar-refractivity contribution in [2.45, 2.75) is 13.0 Å². The van der Waals surface area contributed by atoms with Gasteiger partial charge in [-0.1, -0.05) is 18.2 Å². The summed E-state index contributed by atoms with van der Waals surface area (Å²) in [6.07, 6.45) is 0. The van der Waals surface area contributed by atoms with E-state index in [1.807, 2.05) is 0 Å². The molecule has 0 saturated heterocycles. The van der Waals surface area contributed by atoms with Gasteiger partial charge in [0.2, 0.25) is 0 Å². The van der Waals surface area contributed by atoms with E-state index < -0.39 is 23.5 Å². The van der Waals surface area contributed by atoms with Crippen LogP contribution in [0.2, 0.25) is 0 Å². The highest BCUT2D eigenvalue weighted by atomic mass is 19.1. The minimum Gasteiger partial charge on any atom is -0.320 e. The summed E-state index contributed by atoms with van der Waals surface area (Å²) in [4.78, 5) is 0. The first-order valence-electron chi connectivity index (χ1n) is 5.46. The Balaban J connectivity index is 2.51. The van der Waals surface area contributed by atoms with Crippen LogP contribution in [0.1, 0.15) is 22.7 Å².